The molecule has 0 aliphatic heterocycles. The number of ketones is 1. The number of ether oxygens (including phenoxy) is 2. The number of nitrogens with zero attached hydrogens (tertiary/aromatic N) is 3. The SMILES string of the molecule is COCCN(Cc1ccc(-c2cc3nccc(Oc4ccc(CC(=O)Cc5cccc(S(C)(=O)=O)c5)cc4F)c3s2)nc1)C(C)=O. The number of benzene rings is 2. The summed E-state index contributed by atoms with van der Waals surface area (Å²) in [6, 6.07) is 18.0. The molecule has 238 valence electrons. The van der Waals surface area contributed by atoms with E-state index in [1.54, 1.807) is 48.7 Å². The quantitative estimate of drug-likeness (QED) is 0.150. The van der Waals surface area contributed by atoms with E-state index in [-0.39, 0.29) is 35.2 Å². The number of thiophene rings is 1. The highest BCUT2D eigenvalue weighted by Gasteiger charge is 2.16. The number of hydrogen-bond acceptors (Lipinski definition) is 9. The predicted octanol–water partition coefficient (Wildman–Crippen LogP) is 6.04. The number of methoxy groups -OCH3 is 1. The maximum Gasteiger partial charge on any atom is 0.219 e. The topological polar surface area (TPSA) is 116 Å². The van der Waals surface area contributed by atoms with Gasteiger partial charge in [-0.3, -0.25) is 19.6 Å². The Balaban J connectivity index is 1.27. The summed E-state index contributed by atoms with van der Waals surface area (Å²) in [5, 5.41) is 0. The highest BCUT2D eigenvalue weighted by atomic mass is 32.2. The third-order valence-electron chi connectivity index (χ3n) is 7.18. The van der Waals surface area contributed by atoms with Gasteiger partial charge in [-0.1, -0.05) is 24.3 Å². The van der Waals surface area contributed by atoms with Gasteiger partial charge in [0.2, 0.25) is 5.91 Å². The summed E-state index contributed by atoms with van der Waals surface area (Å²) in [5.41, 5.74) is 3.35. The van der Waals surface area contributed by atoms with Crippen molar-refractivity contribution in [3.05, 3.63) is 102 Å². The third-order valence-corrected chi connectivity index (χ3v) is 9.45. The van der Waals surface area contributed by atoms with E-state index in [9.17, 15) is 18.0 Å². The lowest BCUT2D eigenvalue weighted by Gasteiger charge is -2.20. The summed E-state index contributed by atoms with van der Waals surface area (Å²) < 4.78 is 50.6. The van der Waals surface area contributed by atoms with Crippen molar-refractivity contribution in [1.29, 1.82) is 0 Å². The highest BCUT2D eigenvalue weighted by molar-refractivity contribution is 7.90. The Kier molecular flexibility index (Phi) is 10.2. The molecule has 0 N–H and O–H groups in total. The first-order valence-corrected chi connectivity index (χ1v) is 17.1. The summed E-state index contributed by atoms with van der Waals surface area (Å²) in [5.74, 6) is -0.399. The molecule has 0 aliphatic carbocycles. The van der Waals surface area contributed by atoms with Gasteiger partial charge in [-0.15, -0.1) is 11.3 Å². The molecule has 0 spiro atoms. The van der Waals surface area contributed by atoms with Crippen LogP contribution in [-0.2, 0) is 43.5 Å². The zero-order valence-corrected chi connectivity index (χ0v) is 27.2. The molecule has 0 fully saturated rings. The molecule has 0 saturated carbocycles. The van der Waals surface area contributed by atoms with Crippen LogP contribution in [0.1, 0.15) is 23.6 Å². The standard InChI is InChI=1S/C34H32FN3O6S2/c1-22(39)38(13-14-43-2)21-25-7-9-29(37-20-25)33-19-30-34(45-33)32(11-12-36-30)44-31-10-8-24(18-28(31)35)16-26(40)15-23-5-4-6-27(17-23)46(3,41)42/h4-12,17-20H,13-16,21H2,1-3H3. The summed E-state index contributed by atoms with van der Waals surface area (Å²) in [6.45, 7) is 2.89. The number of Topliss-reactive ketones (excluding diaryl/α,β-unsaturated/α-hetero) is 1. The van der Waals surface area contributed by atoms with Gasteiger partial charge in [0, 0.05) is 64.7 Å². The van der Waals surface area contributed by atoms with Gasteiger partial charge < -0.3 is 14.4 Å². The first-order chi connectivity index (χ1) is 22.0. The van der Waals surface area contributed by atoms with Crippen LogP contribution < -0.4 is 4.74 Å². The second-order valence-corrected chi connectivity index (χ2v) is 13.9. The predicted molar refractivity (Wildman–Crippen MR) is 174 cm³/mol. The van der Waals surface area contributed by atoms with Crippen molar-refractivity contribution < 1.29 is 31.9 Å². The lowest BCUT2D eigenvalue weighted by Crippen LogP contribution is -2.31. The van der Waals surface area contributed by atoms with Gasteiger partial charge in [-0.05, 0) is 53.1 Å². The Morgan fingerprint density at radius 1 is 0.935 bits per heavy atom. The zero-order chi connectivity index (χ0) is 32.8. The van der Waals surface area contributed by atoms with Crippen molar-refractivity contribution in [2.45, 2.75) is 31.2 Å². The molecule has 5 rings (SSSR count). The Morgan fingerprint density at radius 3 is 2.37 bits per heavy atom. The first-order valence-electron chi connectivity index (χ1n) is 14.4. The van der Waals surface area contributed by atoms with E-state index in [1.807, 2.05) is 18.2 Å². The molecule has 0 unspecified atom stereocenters. The molecule has 0 saturated heterocycles. The number of hydrogen-bond donors (Lipinski definition) is 0. The largest absolute Gasteiger partial charge is 0.453 e. The van der Waals surface area contributed by atoms with Crippen LogP contribution in [-0.4, -0.2) is 61.5 Å². The fourth-order valence-corrected chi connectivity index (χ4v) is 6.55. The minimum absolute atomic E-state index is 0.00507. The number of carbonyl (C=O) groups excluding carboxylic acids is 2. The second kappa shape index (κ2) is 14.3. The van der Waals surface area contributed by atoms with Crippen molar-refractivity contribution in [3.8, 4) is 22.1 Å². The third kappa shape index (κ3) is 8.19. The van der Waals surface area contributed by atoms with Crippen LogP contribution in [0.3, 0.4) is 0 Å². The van der Waals surface area contributed by atoms with Gasteiger partial charge in [-0.25, -0.2) is 12.8 Å². The van der Waals surface area contributed by atoms with E-state index in [2.05, 4.69) is 9.97 Å². The van der Waals surface area contributed by atoms with E-state index in [0.29, 0.717) is 42.1 Å². The molecule has 5 aromatic rings. The van der Waals surface area contributed by atoms with Crippen LogP contribution >= 0.6 is 11.3 Å². The maximum absolute atomic E-state index is 15.2. The summed E-state index contributed by atoms with van der Waals surface area (Å²) in [4.78, 5) is 36.4. The molecule has 9 nitrogen and oxygen atoms in total. The van der Waals surface area contributed by atoms with Gasteiger partial charge in [0.25, 0.3) is 0 Å². The number of pyridine rings is 2. The molecule has 0 bridgehead atoms. The number of halogens is 1. The summed E-state index contributed by atoms with van der Waals surface area (Å²) in [6.07, 6.45) is 4.46. The molecule has 3 aromatic heterocycles. The van der Waals surface area contributed by atoms with Gasteiger partial charge in [0.1, 0.15) is 11.5 Å². The lowest BCUT2D eigenvalue weighted by molar-refractivity contribution is -0.130. The molecule has 0 aliphatic rings. The van der Waals surface area contributed by atoms with Crippen molar-refractivity contribution in [2.24, 2.45) is 0 Å². The number of fused-ring (bicyclic) bond motifs is 1. The van der Waals surface area contributed by atoms with Crippen molar-refractivity contribution in [2.75, 3.05) is 26.5 Å². The van der Waals surface area contributed by atoms with E-state index >= 15 is 4.39 Å². The Hall–Kier alpha value is -4.52. The van der Waals surface area contributed by atoms with Crippen LogP contribution in [0, 0.1) is 5.82 Å². The average molecular weight is 662 g/mol. The Morgan fingerprint density at radius 2 is 1.70 bits per heavy atom. The molecular formula is C34H32FN3O6S2. The van der Waals surface area contributed by atoms with Crippen LogP contribution in [0.15, 0.2) is 84.0 Å². The van der Waals surface area contributed by atoms with Crippen LogP contribution in [0.4, 0.5) is 4.39 Å². The van der Waals surface area contributed by atoms with Crippen molar-refractivity contribution in [1.82, 2.24) is 14.9 Å². The van der Waals surface area contributed by atoms with E-state index in [4.69, 9.17) is 9.47 Å². The van der Waals surface area contributed by atoms with Gasteiger partial charge in [0.05, 0.1) is 32.3 Å². The molecule has 46 heavy (non-hydrogen) atoms. The number of sulfone groups is 1. The molecule has 3 heterocycles. The molecular weight excluding hydrogens is 630 g/mol. The fourth-order valence-electron chi connectivity index (χ4n) is 4.81. The molecule has 12 heteroatoms. The summed E-state index contributed by atoms with van der Waals surface area (Å²) >= 11 is 1.42. The van der Waals surface area contributed by atoms with E-state index in [1.165, 1.54) is 42.5 Å². The number of rotatable bonds is 13. The van der Waals surface area contributed by atoms with Crippen molar-refractivity contribution >= 4 is 43.1 Å². The number of amides is 1. The van der Waals surface area contributed by atoms with Gasteiger partial charge >= 0.3 is 0 Å². The van der Waals surface area contributed by atoms with Gasteiger partial charge in [0.15, 0.2) is 21.4 Å². The monoisotopic (exact) mass is 661 g/mol. The molecule has 0 atom stereocenters. The maximum atomic E-state index is 15.2. The minimum atomic E-state index is -3.39. The lowest BCUT2D eigenvalue weighted by atomic mass is 10.0. The fraction of sp³-hybridized carbons (Fsp3) is 0.235. The second-order valence-electron chi connectivity index (χ2n) is 10.8. The van der Waals surface area contributed by atoms with Gasteiger partial charge in [-0.2, -0.15) is 0 Å². The summed E-state index contributed by atoms with van der Waals surface area (Å²) in [7, 11) is -1.79. The Labute approximate surface area is 270 Å². The number of aromatic nitrogens is 2. The zero-order valence-electron chi connectivity index (χ0n) is 25.5. The molecule has 0 radical (unpaired) electrons. The van der Waals surface area contributed by atoms with Crippen molar-refractivity contribution in [3.63, 3.8) is 0 Å². The molecule has 1 amide bonds. The average Bonchev–Trinajstić information content (AvgIpc) is 3.46. The smallest absolute Gasteiger partial charge is 0.219 e. The Bertz CT molecular complexity index is 1990. The highest BCUT2D eigenvalue weighted by Crippen LogP contribution is 2.39. The molecule has 2 aromatic carbocycles. The van der Waals surface area contributed by atoms with Crippen LogP contribution in [0.25, 0.3) is 20.8 Å². The van der Waals surface area contributed by atoms with E-state index in [0.717, 1.165) is 27.1 Å². The van der Waals surface area contributed by atoms with E-state index < -0.39 is 15.7 Å². The normalized spacial score (nSPS) is 11.5. The number of carbonyl (C=O) groups is 2. The van der Waals surface area contributed by atoms with Crippen LogP contribution in [0.5, 0.6) is 11.5 Å². The first kappa shape index (κ1) is 32.9. The van der Waals surface area contributed by atoms with Crippen LogP contribution in [0.2, 0.25) is 0 Å². The minimum Gasteiger partial charge on any atom is -0.453 e.